The topological polar surface area (TPSA) is 69.8 Å². The molecule has 5 heteroatoms. The average Bonchev–Trinajstić information content (AvgIpc) is 3.10. The normalized spacial score (nSPS) is 10.7. The number of benzene rings is 2. The van der Waals surface area contributed by atoms with E-state index in [2.05, 4.69) is 44.9 Å². The third-order valence-corrected chi connectivity index (χ3v) is 4.33. The van der Waals surface area contributed by atoms with Gasteiger partial charge in [0.25, 0.3) is 0 Å². The molecule has 3 N–H and O–H groups in total. The molecule has 0 saturated heterocycles. The average molecular weight is 356 g/mol. The molecule has 5 nitrogen and oxygen atoms in total. The second-order valence-corrected chi connectivity index (χ2v) is 6.44. The van der Waals surface area contributed by atoms with Gasteiger partial charge in [-0.05, 0) is 35.4 Å². The largest absolute Gasteiger partial charge is 0.380 e. The van der Waals surface area contributed by atoms with Crippen LogP contribution in [0.25, 0.3) is 22.3 Å². The first kappa shape index (κ1) is 16.8. The molecule has 27 heavy (non-hydrogen) atoms. The van der Waals surface area contributed by atoms with E-state index < -0.39 is 0 Å². The Morgan fingerprint density at radius 3 is 2.52 bits per heavy atom. The van der Waals surface area contributed by atoms with Crippen LogP contribution >= 0.6 is 0 Å². The number of anilines is 2. The van der Waals surface area contributed by atoms with Crippen LogP contribution in [0.4, 0.5) is 11.4 Å². The summed E-state index contributed by atoms with van der Waals surface area (Å²) in [5.41, 5.74) is 5.88. The fourth-order valence-corrected chi connectivity index (χ4v) is 3.00. The van der Waals surface area contributed by atoms with E-state index in [9.17, 15) is 4.79 Å². The number of carbonyl (C=O) groups is 1. The number of carbonyl (C=O) groups excluding carboxylic acids is 1. The van der Waals surface area contributed by atoms with Crippen LogP contribution in [0.2, 0.25) is 0 Å². The number of rotatable bonds is 5. The van der Waals surface area contributed by atoms with E-state index in [-0.39, 0.29) is 5.91 Å². The van der Waals surface area contributed by atoms with Crippen molar-refractivity contribution in [2.24, 2.45) is 0 Å². The van der Waals surface area contributed by atoms with Crippen molar-refractivity contribution in [2.75, 3.05) is 10.6 Å². The summed E-state index contributed by atoms with van der Waals surface area (Å²) in [6, 6.07) is 22.2. The second-order valence-electron chi connectivity index (χ2n) is 6.44. The number of H-pyrrole nitrogens is 1. The lowest BCUT2D eigenvalue weighted by atomic mass is 10.1. The number of pyridine rings is 1. The number of hydrogen-bond donors (Lipinski definition) is 3. The van der Waals surface area contributed by atoms with Crippen LogP contribution < -0.4 is 10.6 Å². The van der Waals surface area contributed by atoms with E-state index in [0.717, 1.165) is 40.2 Å². The predicted molar refractivity (Wildman–Crippen MR) is 110 cm³/mol. The van der Waals surface area contributed by atoms with Crippen LogP contribution in [-0.2, 0) is 11.3 Å². The van der Waals surface area contributed by atoms with Crippen molar-refractivity contribution in [2.45, 2.75) is 13.5 Å². The van der Waals surface area contributed by atoms with Gasteiger partial charge in [0, 0.05) is 30.2 Å². The van der Waals surface area contributed by atoms with E-state index in [1.807, 2.05) is 48.7 Å². The summed E-state index contributed by atoms with van der Waals surface area (Å²) in [7, 11) is 0. The zero-order valence-electron chi connectivity index (χ0n) is 15.0. The first-order chi connectivity index (χ1) is 13.2. The van der Waals surface area contributed by atoms with E-state index >= 15 is 0 Å². The Hall–Kier alpha value is -3.60. The lowest BCUT2D eigenvalue weighted by Crippen LogP contribution is -2.05. The molecule has 0 spiro atoms. The van der Waals surface area contributed by atoms with Crippen molar-refractivity contribution in [3.8, 4) is 11.3 Å². The van der Waals surface area contributed by atoms with Gasteiger partial charge in [-0.1, -0.05) is 42.5 Å². The molecular formula is C22H20N4O. The maximum absolute atomic E-state index is 11.1. The summed E-state index contributed by atoms with van der Waals surface area (Å²) in [6.07, 6.45) is 1.84. The number of aromatic amines is 1. The monoisotopic (exact) mass is 356 g/mol. The summed E-state index contributed by atoms with van der Waals surface area (Å²) in [6.45, 7) is 2.26. The molecule has 0 radical (unpaired) electrons. The van der Waals surface area contributed by atoms with Gasteiger partial charge in [-0.2, -0.15) is 0 Å². The molecule has 0 fully saturated rings. The molecule has 0 unspecified atom stereocenters. The third kappa shape index (κ3) is 3.98. The van der Waals surface area contributed by atoms with Crippen LogP contribution in [0.1, 0.15) is 12.5 Å². The van der Waals surface area contributed by atoms with Crippen LogP contribution in [-0.4, -0.2) is 15.9 Å². The van der Waals surface area contributed by atoms with Gasteiger partial charge in [-0.3, -0.25) is 4.79 Å². The molecular weight excluding hydrogens is 336 g/mol. The summed E-state index contributed by atoms with van der Waals surface area (Å²) < 4.78 is 0. The van der Waals surface area contributed by atoms with Crippen LogP contribution in [0, 0.1) is 0 Å². The van der Waals surface area contributed by atoms with Gasteiger partial charge >= 0.3 is 0 Å². The lowest BCUT2D eigenvalue weighted by molar-refractivity contribution is -0.114. The Kier molecular flexibility index (Phi) is 4.58. The number of hydrogen-bond acceptors (Lipinski definition) is 3. The Labute approximate surface area is 157 Å². The molecule has 2 aromatic carbocycles. The third-order valence-electron chi connectivity index (χ3n) is 4.33. The summed E-state index contributed by atoms with van der Waals surface area (Å²) in [5.74, 6) is -0.0758. The van der Waals surface area contributed by atoms with Gasteiger partial charge in [0.05, 0.1) is 11.9 Å². The first-order valence-corrected chi connectivity index (χ1v) is 8.82. The Morgan fingerprint density at radius 1 is 1.00 bits per heavy atom. The minimum Gasteiger partial charge on any atom is -0.380 e. The van der Waals surface area contributed by atoms with Gasteiger partial charge < -0.3 is 15.6 Å². The molecule has 2 heterocycles. The highest BCUT2D eigenvalue weighted by Gasteiger charge is 2.06. The second kappa shape index (κ2) is 7.33. The van der Waals surface area contributed by atoms with E-state index in [0.29, 0.717) is 0 Å². The molecule has 0 aliphatic carbocycles. The van der Waals surface area contributed by atoms with Crippen molar-refractivity contribution in [3.63, 3.8) is 0 Å². The van der Waals surface area contributed by atoms with Gasteiger partial charge in [0.1, 0.15) is 5.65 Å². The highest BCUT2D eigenvalue weighted by Crippen LogP contribution is 2.26. The minimum atomic E-state index is -0.0758. The van der Waals surface area contributed by atoms with Gasteiger partial charge in [-0.15, -0.1) is 0 Å². The Morgan fingerprint density at radius 2 is 1.78 bits per heavy atom. The smallest absolute Gasteiger partial charge is 0.221 e. The number of aromatic nitrogens is 2. The minimum absolute atomic E-state index is 0.0758. The maximum Gasteiger partial charge on any atom is 0.221 e. The van der Waals surface area contributed by atoms with Crippen molar-refractivity contribution in [3.05, 3.63) is 78.5 Å². The molecule has 0 aliphatic heterocycles. The molecule has 134 valence electrons. The Balaban J connectivity index is 1.53. The molecule has 0 atom stereocenters. The van der Waals surface area contributed by atoms with Crippen molar-refractivity contribution >= 4 is 28.3 Å². The van der Waals surface area contributed by atoms with E-state index in [1.54, 1.807) is 0 Å². The van der Waals surface area contributed by atoms with Gasteiger partial charge in [0.2, 0.25) is 5.91 Å². The number of nitrogens with one attached hydrogen (secondary N) is 3. The SMILES string of the molecule is CC(=O)Nc1ccc(-c2cc3cc(NCc4ccccc4)cnc3[nH]2)cc1. The Bertz CT molecular complexity index is 1070. The number of fused-ring (bicyclic) bond motifs is 1. The molecule has 0 saturated carbocycles. The van der Waals surface area contributed by atoms with Crippen LogP contribution in [0.3, 0.4) is 0 Å². The molecule has 0 bridgehead atoms. The quantitative estimate of drug-likeness (QED) is 0.481. The molecule has 4 aromatic rings. The van der Waals surface area contributed by atoms with Crippen molar-refractivity contribution in [1.29, 1.82) is 0 Å². The first-order valence-electron chi connectivity index (χ1n) is 8.82. The zero-order valence-corrected chi connectivity index (χ0v) is 15.0. The van der Waals surface area contributed by atoms with Gasteiger partial charge in [0.15, 0.2) is 0 Å². The summed E-state index contributed by atoms with van der Waals surface area (Å²) in [5, 5.41) is 7.24. The molecule has 2 aromatic heterocycles. The fourth-order valence-electron chi connectivity index (χ4n) is 3.00. The van der Waals surface area contributed by atoms with Crippen molar-refractivity contribution < 1.29 is 4.79 Å². The summed E-state index contributed by atoms with van der Waals surface area (Å²) >= 11 is 0. The van der Waals surface area contributed by atoms with Crippen LogP contribution in [0.15, 0.2) is 72.9 Å². The number of amides is 1. The highest BCUT2D eigenvalue weighted by molar-refractivity contribution is 5.89. The fraction of sp³-hybridized carbons (Fsp3) is 0.0909. The highest BCUT2D eigenvalue weighted by atomic mass is 16.1. The van der Waals surface area contributed by atoms with E-state index in [1.165, 1.54) is 12.5 Å². The summed E-state index contributed by atoms with van der Waals surface area (Å²) in [4.78, 5) is 19.0. The molecule has 1 amide bonds. The lowest BCUT2D eigenvalue weighted by Gasteiger charge is -2.05. The standard InChI is InChI=1S/C22H20N4O/c1-15(27)25-19-9-7-17(8-10-19)21-12-18-11-20(14-24-22(18)26-21)23-13-16-5-3-2-4-6-16/h2-12,14,23H,13H2,1H3,(H,24,26)(H,25,27). The van der Waals surface area contributed by atoms with E-state index in [4.69, 9.17) is 0 Å². The van der Waals surface area contributed by atoms with Crippen LogP contribution in [0.5, 0.6) is 0 Å². The number of nitrogens with zero attached hydrogens (tertiary/aromatic N) is 1. The maximum atomic E-state index is 11.1. The van der Waals surface area contributed by atoms with Gasteiger partial charge in [-0.25, -0.2) is 4.98 Å². The molecule has 4 rings (SSSR count). The zero-order chi connectivity index (χ0) is 18.6. The predicted octanol–water partition coefficient (Wildman–Crippen LogP) is 4.80. The molecule has 0 aliphatic rings. The van der Waals surface area contributed by atoms with Crippen molar-refractivity contribution in [1.82, 2.24) is 9.97 Å².